The highest BCUT2D eigenvalue weighted by molar-refractivity contribution is 5.94. The number of fused-ring (bicyclic) bond motifs is 1. The van der Waals surface area contributed by atoms with Crippen molar-refractivity contribution >= 4 is 22.6 Å². The number of aromatic nitrogens is 2. The van der Waals surface area contributed by atoms with E-state index in [4.69, 9.17) is 9.47 Å². The average Bonchev–Trinajstić information content (AvgIpc) is 3.06. The third-order valence-electron chi connectivity index (χ3n) is 3.98. The monoisotopic (exact) mass is 341 g/mol. The van der Waals surface area contributed by atoms with Crippen molar-refractivity contribution in [1.29, 1.82) is 0 Å². The standard InChI is InChI=1S/C18H16FN3O3/c19-12-3-6-14-15(9-12)22-17(21-14)11-1-4-13(5-2-11)20-18(23)16-10-24-7-8-25-16/h1-6,9,16H,7-8,10H2,(H,20,23)(H,21,22)/t16-/m1/s1. The van der Waals surface area contributed by atoms with E-state index in [1.807, 2.05) is 12.1 Å². The number of hydrogen-bond donors (Lipinski definition) is 2. The molecule has 2 aromatic carbocycles. The van der Waals surface area contributed by atoms with Crippen molar-refractivity contribution in [1.82, 2.24) is 9.97 Å². The molecule has 0 unspecified atom stereocenters. The lowest BCUT2D eigenvalue weighted by molar-refractivity contribution is -0.142. The summed E-state index contributed by atoms with van der Waals surface area (Å²) in [6.07, 6.45) is -0.585. The van der Waals surface area contributed by atoms with Crippen LogP contribution in [0.3, 0.4) is 0 Å². The van der Waals surface area contributed by atoms with Gasteiger partial charge in [-0.05, 0) is 42.5 Å². The van der Waals surface area contributed by atoms with E-state index in [2.05, 4.69) is 15.3 Å². The van der Waals surface area contributed by atoms with Gasteiger partial charge in [-0.15, -0.1) is 0 Å². The normalized spacial score (nSPS) is 17.6. The van der Waals surface area contributed by atoms with E-state index in [1.54, 1.807) is 18.2 Å². The molecule has 1 aromatic heterocycles. The van der Waals surface area contributed by atoms with Crippen LogP contribution in [-0.4, -0.2) is 41.8 Å². The topological polar surface area (TPSA) is 76.2 Å². The molecule has 7 heteroatoms. The third kappa shape index (κ3) is 3.38. The first-order valence-electron chi connectivity index (χ1n) is 7.95. The summed E-state index contributed by atoms with van der Waals surface area (Å²) >= 11 is 0. The van der Waals surface area contributed by atoms with Crippen LogP contribution in [0.2, 0.25) is 0 Å². The van der Waals surface area contributed by atoms with Crippen molar-refractivity contribution in [3.63, 3.8) is 0 Å². The Kier molecular flexibility index (Phi) is 4.17. The summed E-state index contributed by atoms with van der Waals surface area (Å²) in [6, 6.07) is 11.7. The van der Waals surface area contributed by atoms with Gasteiger partial charge in [-0.1, -0.05) is 0 Å². The Morgan fingerprint density at radius 2 is 2.04 bits per heavy atom. The summed E-state index contributed by atoms with van der Waals surface area (Å²) in [6.45, 7) is 1.20. The second-order valence-electron chi connectivity index (χ2n) is 5.75. The molecule has 6 nitrogen and oxygen atoms in total. The molecule has 1 amide bonds. The van der Waals surface area contributed by atoms with E-state index in [9.17, 15) is 9.18 Å². The molecule has 128 valence electrons. The van der Waals surface area contributed by atoms with Gasteiger partial charge in [0, 0.05) is 11.3 Å². The number of hydrogen-bond acceptors (Lipinski definition) is 4. The Hall–Kier alpha value is -2.77. The number of benzene rings is 2. The highest BCUT2D eigenvalue weighted by Gasteiger charge is 2.22. The van der Waals surface area contributed by atoms with Crippen LogP contribution in [0.1, 0.15) is 0 Å². The molecule has 1 aliphatic rings. The number of ether oxygens (including phenoxy) is 2. The van der Waals surface area contributed by atoms with Crippen LogP contribution in [0, 0.1) is 5.82 Å². The molecule has 1 fully saturated rings. The molecule has 1 aliphatic heterocycles. The van der Waals surface area contributed by atoms with Crippen LogP contribution < -0.4 is 5.32 Å². The fraction of sp³-hybridized carbons (Fsp3) is 0.222. The fourth-order valence-corrected chi connectivity index (χ4v) is 2.69. The highest BCUT2D eigenvalue weighted by Crippen LogP contribution is 2.22. The molecule has 0 aliphatic carbocycles. The van der Waals surface area contributed by atoms with E-state index >= 15 is 0 Å². The van der Waals surface area contributed by atoms with E-state index in [0.717, 1.165) is 5.56 Å². The predicted octanol–water partition coefficient (Wildman–Crippen LogP) is 2.72. The first-order valence-corrected chi connectivity index (χ1v) is 7.95. The van der Waals surface area contributed by atoms with Crippen LogP contribution in [0.4, 0.5) is 10.1 Å². The second-order valence-corrected chi connectivity index (χ2v) is 5.75. The van der Waals surface area contributed by atoms with E-state index < -0.39 is 6.10 Å². The quantitative estimate of drug-likeness (QED) is 0.768. The number of imidazole rings is 1. The van der Waals surface area contributed by atoms with Gasteiger partial charge in [0.05, 0.1) is 30.9 Å². The number of carbonyl (C=O) groups is 1. The van der Waals surface area contributed by atoms with Crippen molar-refractivity contribution in [2.45, 2.75) is 6.10 Å². The number of anilines is 1. The molecule has 2 heterocycles. The number of rotatable bonds is 3. The molecule has 1 saturated heterocycles. The van der Waals surface area contributed by atoms with Gasteiger partial charge in [0.25, 0.3) is 5.91 Å². The smallest absolute Gasteiger partial charge is 0.255 e. The van der Waals surface area contributed by atoms with Crippen LogP contribution in [0.25, 0.3) is 22.4 Å². The summed E-state index contributed by atoms with van der Waals surface area (Å²) in [5, 5.41) is 2.80. The van der Waals surface area contributed by atoms with Crippen LogP contribution in [0.5, 0.6) is 0 Å². The molecule has 0 radical (unpaired) electrons. The van der Waals surface area contributed by atoms with Gasteiger partial charge in [-0.3, -0.25) is 4.79 Å². The molecule has 2 N–H and O–H groups in total. The average molecular weight is 341 g/mol. The molecular weight excluding hydrogens is 325 g/mol. The van der Waals surface area contributed by atoms with Gasteiger partial charge in [0.1, 0.15) is 11.6 Å². The largest absolute Gasteiger partial charge is 0.376 e. The highest BCUT2D eigenvalue weighted by atomic mass is 19.1. The maximum Gasteiger partial charge on any atom is 0.255 e. The number of nitrogens with one attached hydrogen (secondary N) is 2. The maximum atomic E-state index is 13.3. The van der Waals surface area contributed by atoms with Crippen molar-refractivity contribution in [3.8, 4) is 11.4 Å². The molecule has 0 bridgehead atoms. The molecular formula is C18H16FN3O3. The molecule has 25 heavy (non-hydrogen) atoms. The van der Waals surface area contributed by atoms with Crippen LogP contribution in [-0.2, 0) is 14.3 Å². The fourth-order valence-electron chi connectivity index (χ4n) is 2.69. The minimum absolute atomic E-state index is 0.230. The van der Waals surface area contributed by atoms with E-state index in [0.29, 0.717) is 35.8 Å². The number of aromatic amines is 1. The van der Waals surface area contributed by atoms with Crippen LogP contribution in [0.15, 0.2) is 42.5 Å². The van der Waals surface area contributed by atoms with Crippen LogP contribution >= 0.6 is 0 Å². The lowest BCUT2D eigenvalue weighted by atomic mass is 10.2. The van der Waals surface area contributed by atoms with Crippen molar-refractivity contribution in [2.75, 3.05) is 25.1 Å². The van der Waals surface area contributed by atoms with Crippen molar-refractivity contribution in [2.24, 2.45) is 0 Å². The predicted molar refractivity (Wildman–Crippen MR) is 90.7 cm³/mol. The third-order valence-corrected chi connectivity index (χ3v) is 3.98. The summed E-state index contributed by atoms with van der Waals surface area (Å²) in [5.74, 6) is 0.101. The van der Waals surface area contributed by atoms with Gasteiger partial charge in [0.15, 0.2) is 6.10 Å². The lowest BCUT2D eigenvalue weighted by Gasteiger charge is -2.22. The Morgan fingerprint density at radius 1 is 1.20 bits per heavy atom. The number of amides is 1. The summed E-state index contributed by atoms with van der Waals surface area (Å²) < 4.78 is 23.9. The lowest BCUT2D eigenvalue weighted by Crippen LogP contribution is -2.39. The number of H-pyrrole nitrogens is 1. The minimum atomic E-state index is -0.585. The molecule has 4 rings (SSSR count). The molecule has 1 atom stereocenters. The molecule has 3 aromatic rings. The number of halogens is 1. The second kappa shape index (κ2) is 6.62. The minimum Gasteiger partial charge on any atom is -0.376 e. The summed E-state index contributed by atoms with van der Waals surface area (Å²) in [7, 11) is 0. The number of carbonyl (C=O) groups excluding carboxylic acids is 1. The number of nitrogens with zero attached hydrogens (tertiary/aromatic N) is 1. The SMILES string of the molecule is O=C(Nc1ccc(-c2nc3ccc(F)cc3[nH]2)cc1)[C@H]1COCCO1. The van der Waals surface area contributed by atoms with Gasteiger partial charge in [-0.25, -0.2) is 9.37 Å². The van der Waals surface area contributed by atoms with Crippen molar-refractivity contribution < 1.29 is 18.7 Å². The maximum absolute atomic E-state index is 13.3. The zero-order valence-electron chi connectivity index (χ0n) is 13.3. The van der Waals surface area contributed by atoms with Gasteiger partial charge < -0.3 is 19.8 Å². The zero-order chi connectivity index (χ0) is 17.2. The Balaban J connectivity index is 1.49. The summed E-state index contributed by atoms with van der Waals surface area (Å²) in [5.41, 5.74) is 2.84. The van der Waals surface area contributed by atoms with Gasteiger partial charge in [-0.2, -0.15) is 0 Å². The first-order chi connectivity index (χ1) is 12.2. The Labute approximate surface area is 143 Å². The van der Waals surface area contributed by atoms with Gasteiger partial charge in [0.2, 0.25) is 0 Å². The molecule has 0 saturated carbocycles. The van der Waals surface area contributed by atoms with E-state index in [-0.39, 0.29) is 18.3 Å². The summed E-state index contributed by atoms with van der Waals surface area (Å²) in [4.78, 5) is 19.6. The van der Waals surface area contributed by atoms with Crippen molar-refractivity contribution in [3.05, 3.63) is 48.3 Å². The van der Waals surface area contributed by atoms with Gasteiger partial charge >= 0.3 is 0 Å². The van der Waals surface area contributed by atoms with E-state index in [1.165, 1.54) is 12.1 Å². The molecule has 0 spiro atoms. The zero-order valence-corrected chi connectivity index (χ0v) is 13.3. The Bertz CT molecular complexity index is 902. The first kappa shape index (κ1) is 15.7. The Morgan fingerprint density at radius 3 is 2.80 bits per heavy atom.